The van der Waals surface area contributed by atoms with Gasteiger partial charge < -0.3 is 20.1 Å². The van der Waals surface area contributed by atoms with Gasteiger partial charge in [0.2, 0.25) is 0 Å². The molecule has 0 radical (unpaired) electrons. The Bertz CT molecular complexity index is 849. The Labute approximate surface area is 165 Å². The monoisotopic (exact) mass is 460 g/mol. The average Bonchev–Trinajstić information content (AvgIpc) is 2.55. The molecule has 0 saturated carbocycles. The first-order valence-corrected chi connectivity index (χ1v) is 10.6. The van der Waals surface area contributed by atoms with Crippen molar-refractivity contribution >= 4 is 57.8 Å². The Morgan fingerprint density at radius 1 is 1.31 bits per heavy atom. The Kier molecular flexibility index (Phi) is 7.26. The number of rotatable bonds is 6. The number of anilines is 2. The van der Waals surface area contributed by atoms with E-state index in [2.05, 4.69) is 26.6 Å². The van der Waals surface area contributed by atoms with Crippen LogP contribution in [0, 0.1) is 0 Å². The minimum Gasteiger partial charge on any atom is -0.321 e. The van der Waals surface area contributed by atoms with E-state index in [4.69, 9.17) is 16.1 Å². The van der Waals surface area contributed by atoms with Crippen molar-refractivity contribution in [2.75, 3.05) is 10.6 Å². The van der Waals surface area contributed by atoms with Crippen LogP contribution in [0.25, 0.3) is 0 Å². The summed E-state index contributed by atoms with van der Waals surface area (Å²) in [7, 11) is -4.12. The molecule has 2 unspecified atom stereocenters. The number of carbonyl (C=O) groups is 1. The summed E-state index contributed by atoms with van der Waals surface area (Å²) >= 11 is 9.16. The molecule has 2 amide bonds. The lowest BCUT2D eigenvalue weighted by atomic mass is 10.3. The second-order valence-electron chi connectivity index (χ2n) is 5.60. The smallest absolute Gasteiger partial charge is 0.321 e. The first-order valence-electron chi connectivity index (χ1n) is 7.86. The van der Waals surface area contributed by atoms with Gasteiger partial charge in [-0.05, 0) is 49.7 Å². The summed E-state index contributed by atoms with van der Waals surface area (Å²) in [5.74, 6) is 0. The number of halogens is 2. The van der Waals surface area contributed by atoms with Gasteiger partial charge in [-0.25, -0.2) is 4.79 Å². The molecule has 0 heterocycles. The number of amides is 2. The first kappa shape index (κ1) is 20.9. The maximum absolute atomic E-state index is 12.7. The van der Waals surface area contributed by atoms with Crippen LogP contribution in [0.3, 0.4) is 0 Å². The van der Waals surface area contributed by atoms with Gasteiger partial charge in [-0.3, -0.25) is 4.57 Å². The Hall–Kier alpha value is -1.37. The summed E-state index contributed by atoms with van der Waals surface area (Å²) in [5, 5.41) is 5.68. The van der Waals surface area contributed by atoms with E-state index in [0.717, 1.165) is 0 Å². The van der Waals surface area contributed by atoms with Gasteiger partial charge in [0.1, 0.15) is 0 Å². The molecule has 0 aromatic heterocycles. The van der Waals surface area contributed by atoms with Crippen molar-refractivity contribution in [1.29, 1.82) is 0 Å². The third-order valence-electron chi connectivity index (χ3n) is 3.49. The molecule has 9 heteroatoms. The van der Waals surface area contributed by atoms with Gasteiger partial charge in [0.25, 0.3) is 0 Å². The van der Waals surface area contributed by atoms with Crippen LogP contribution in [0.2, 0.25) is 5.02 Å². The fourth-order valence-electron chi connectivity index (χ4n) is 2.07. The number of nitrogens with one attached hydrogen (secondary N) is 2. The van der Waals surface area contributed by atoms with Crippen LogP contribution in [0.1, 0.15) is 20.3 Å². The third-order valence-corrected chi connectivity index (χ3v) is 5.85. The van der Waals surface area contributed by atoms with E-state index in [1.807, 2.05) is 6.92 Å². The largest absolute Gasteiger partial charge is 0.361 e. The number of carbonyl (C=O) groups excluding carboxylic acids is 1. The molecular weight excluding hydrogens is 443 g/mol. The van der Waals surface area contributed by atoms with E-state index >= 15 is 0 Å². The number of hydrogen-bond acceptors (Lipinski definition) is 3. The van der Waals surface area contributed by atoms with Crippen molar-refractivity contribution in [3.8, 4) is 0 Å². The van der Waals surface area contributed by atoms with Crippen LogP contribution in [0.4, 0.5) is 16.2 Å². The molecule has 0 fully saturated rings. The van der Waals surface area contributed by atoms with Gasteiger partial charge >= 0.3 is 13.6 Å². The number of hydrogen-bond donors (Lipinski definition) is 3. The van der Waals surface area contributed by atoms with Gasteiger partial charge in [0.05, 0.1) is 17.1 Å². The van der Waals surface area contributed by atoms with Crippen molar-refractivity contribution in [2.45, 2.75) is 26.4 Å². The summed E-state index contributed by atoms with van der Waals surface area (Å²) < 4.78 is 18.5. The maximum atomic E-state index is 12.7. The van der Waals surface area contributed by atoms with Crippen molar-refractivity contribution in [1.82, 2.24) is 0 Å². The maximum Gasteiger partial charge on any atom is 0.361 e. The minimum absolute atomic E-state index is 0.00780. The van der Waals surface area contributed by atoms with Gasteiger partial charge in [-0.2, -0.15) is 0 Å². The van der Waals surface area contributed by atoms with Gasteiger partial charge in [-0.15, -0.1) is 0 Å². The highest BCUT2D eigenvalue weighted by atomic mass is 79.9. The SMILES string of the molecule is CCC(C)OP(=O)(O)c1cc(Br)ccc1NC(=O)Nc1cccc(Cl)c1. The Morgan fingerprint density at radius 2 is 2.04 bits per heavy atom. The van der Waals surface area contributed by atoms with Crippen molar-refractivity contribution < 1.29 is 18.8 Å². The lowest BCUT2D eigenvalue weighted by Crippen LogP contribution is -2.24. The van der Waals surface area contributed by atoms with Gasteiger partial charge in [-0.1, -0.05) is 40.5 Å². The molecule has 26 heavy (non-hydrogen) atoms. The van der Waals surface area contributed by atoms with Crippen molar-refractivity contribution in [2.24, 2.45) is 0 Å². The molecule has 2 aromatic carbocycles. The Morgan fingerprint density at radius 3 is 2.69 bits per heavy atom. The molecule has 0 bridgehead atoms. The topological polar surface area (TPSA) is 87.7 Å². The number of urea groups is 1. The minimum atomic E-state index is -4.12. The molecule has 2 atom stereocenters. The zero-order chi connectivity index (χ0) is 19.3. The fraction of sp³-hybridized carbons (Fsp3) is 0.235. The quantitative estimate of drug-likeness (QED) is 0.505. The van der Waals surface area contributed by atoms with Gasteiger partial charge in [0, 0.05) is 15.2 Å². The molecule has 0 aliphatic carbocycles. The highest BCUT2D eigenvalue weighted by Crippen LogP contribution is 2.45. The fourth-order valence-corrected chi connectivity index (χ4v) is 4.29. The van der Waals surface area contributed by atoms with Crippen LogP contribution >= 0.6 is 35.1 Å². The highest BCUT2D eigenvalue weighted by molar-refractivity contribution is 9.10. The molecule has 0 spiro atoms. The van der Waals surface area contributed by atoms with Gasteiger partial charge in [0.15, 0.2) is 0 Å². The number of benzene rings is 2. The molecule has 0 saturated heterocycles. The Balaban J connectivity index is 2.24. The summed E-state index contributed by atoms with van der Waals surface area (Å²) in [5.41, 5.74) is 0.679. The summed E-state index contributed by atoms with van der Waals surface area (Å²) in [4.78, 5) is 22.6. The normalized spacial score (nSPS) is 14.3. The van der Waals surface area contributed by atoms with E-state index in [9.17, 15) is 14.3 Å². The van der Waals surface area contributed by atoms with E-state index in [1.54, 1.807) is 37.3 Å². The van der Waals surface area contributed by atoms with Crippen LogP contribution in [-0.2, 0) is 9.09 Å². The lowest BCUT2D eigenvalue weighted by Gasteiger charge is -2.20. The molecule has 6 nitrogen and oxygen atoms in total. The van der Waals surface area contributed by atoms with E-state index in [1.165, 1.54) is 12.1 Å². The van der Waals surface area contributed by atoms with E-state index in [-0.39, 0.29) is 11.0 Å². The highest BCUT2D eigenvalue weighted by Gasteiger charge is 2.29. The summed E-state index contributed by atoms with van der Waals surface area (Å²) in [6.07, 6.45) is 0.175. The second-order valence-corrected chi connectivity index (χ2v) is 8.68. The zero-order valence-electron chi connectivity index (χ0n) is 14.2. The molecule has 2 aromatic rings. The first-order chi connectivity index (χ1) is 12.2. The summed E-state index contributed by atoms with van der Waals surface area (Å²) in [6, 6.07) is 10.7. The average molecular weight is 462 g/mol. The lowest BCUT2D eigenvalue weighted by molar-refractivity contribution is 0.192. The van der Waals surface area contributed by atoms with Crippen molar-refractivity contribution in [3.63, 3.8) is 0 Å². The molecule has 3 N–H and O–H groups in total. The molecule has 140 valence electrons. The third kappa shape index (κ3) is 5.83. The predicted molar refractivity (Wildman–Crippen MR) is 109 cm³/mol. The molecule has 0 aliphatic heterocycles. The predicted octanol–water partition coefficient (Wildman–Crippen LogP) is 5.37. The standard InChI is InChI=1S/C17H19BrClN2O4P/c1-3-11(2)25-26(23,24)16-9-12(18)7-8-15(16)21-17(22)20-14-6-4-5-13(19)10-14/h4-11H,3H2,1-2H3,(H,23,24)(H2,20,21,22). The molecule has 2 rings (SSSR count). The second kappa shape index (κ2) is 9.02. The van der Waals surface area contributed by atoms with Crippen LogP contribution < -0.4 is 15.9 Å². The zero-order valence-corrected chi connectivity index (χ0v) is 17.4. The molecular formula is C17H19BrClN2O4P. The molecule has 0 aliphatic rings. The summed E-state index contributed by atoms with van der Waals surface area (Å²) in [6.45, 7) is 3.56. The van der Waals surface area contributed by atoms with Crippen molar-refractivity contribution in [3.05, 3.63) is 52.0 Å². The van der Waals surface area contributed by atoms with Crippen LogP contribution in [0.5, 0.6) is 0 Å². The van der Waals surface area contributed by atoms with E-state index < -0.39 is 19.7 Å². The van der Waals surface area contributed by atoms with Crippen LogP contribution in [0.15, 0.2) is 46.9 Å². The van der Waals surface area contributed by atoms with Crippen LogP contribution in [-0.4, -0.2) is 17.0 Å². The van der Waals surface area contributed by atoms with E-state index in [0.29, 0.717) is 21.6 Å².